The van der Waals surface area contributed by atoms with Gasteiger partial charge in [-0.3, -0.25) is 0 Å². The van der Waals surface area contributed by atoms with Crippen LogP contribution in [0.15, 0.2) is 72.8 Å². The molecule has 1 N–H and O–H groups in total. The van der Waals surface area contributed by atoms with E-state index in [1.54, 1.807) is 26.4 Å². The normalized spacial score (nSPS) is 24.4. The Kier molecular flexibility index (Phi) is 7.04. The average Bonchev–Trinajstić information content (AvgIpc) is 3.37. The molecular weight excluding hydrogens is 478 g/mol. The van der Waals surface area contributed by atoms with E-state index < -0.39 is 0 Å². The van der Waals surface area contributed by atoms with Crippen LogP contribution in [0.3, 0.4) is 0 Å². The summed E-state index contributed by atoms with van der Waals surface area (Å²) in [5.41, 5.74) is 4.84. The van der Waals surface area contributed by atoms with E-state index in [1.165, 1.54) is 16.8 Å². The van der Waals surface area contributed by atoms with E-state index in [1.807, 2.05) is 6.07 Å². The van der Waals surface area contributed by atoms with Crippen molar-refractivity contribution >= 4 is 5.69 Å². The van der Waals surface area contributed by atoms with Crippen molar-refractivity contribution in [3.05, 3.63) is 89.5 Å². The van der Waals surface area contributed by atoms with Crippen molar-refractivity contribution in [3.8, 4) is 11.5 Å². The van der Waals surface area contributed by atoms with Crippen LogP contribution >= 0.6 is 0 Å². The molecule has 200 valence electrons. The molecule has 0 aromatic heterocycles. The van der Waals surface area contributed by atoms with Crippen LogP contribution in [-0.2, 0) is 14.2 Å². The number of fused-ring (bicyclic) bond motifs is 1. The van der Waals surface area contributed by atoms with Gasteiger partial charge in [-0.15, -0.1) is 0 Å². The highest BCUT2D eigenvalue weighted by Crippen LogP contribution is 2.47. The van der Waals surface area contributed by atoms with Gasteiger partial charge in [-0.05, 0) is 48.6 Å². The third kappa shape index (κ3) is 4.77. The molecule has 3 aromatic carbocycles. The summed E-state index contributed by atoms with van der Waals surface area (Å²) < 4.78 is 23.5. The molecule has 3 heterocycles. The van der Waals surface area contributed by atoms with E-state index in [0.29, 0.717) is 13.2 Å². The van der Waals surface area contributed by atoms with Crippen LogP contribution in [0.2, 0.25) is 0 Å². The number of phenolic OH excluding ortho intramolecular Hbond substituents is 1. The molecule has 6 nitrogen and oxygen atoms in total. The molecule has 2 saturated heterocycles. The van der Waals surface area contributed by atoms with Gasteiger partial charge in [-0.25, -0.2) is 0 Å². The lowest BCUT2D eigenvalue weighted by Crippen LogP contribution is -2.44. The number of ether oxygens (including phenoxy) is 4. The smallest absolute Gasteiger partial charge is 0.161 e. The SMILES string of the molecule is COC(OC)C1COC2(CCN(c3ccc(C4c5ccc(O)cc5OCC4c4ccccc4)cc3)CC2)C1. The van der Waals surface area contributed by atoms with Gasteiger partial charge >= 0.3 is 0 Å². The fourth-order valence-electron chi connectivity index (χ4n) is 6.75. The summed E-state index contributed by atoms with van der Waals surface area (Å²) in [6, 6.07) is 25.2. The first-order chi connectivity index (χ1) is 18.6. The number of rotatable bonds is 6. The predicted octanol–water partition coefficient (Wildman–Crippen LogP) is 5.69. The average molecular weight is 516 g/mol. The minimum absolute atomic E-state index is 0.0588. The van der Waals surface area contributed by atoms with Crippen molar-refractivity contribution in [1.82, 2.24) is 0 Å². The number of aromatic hydroxyl groups is 1. The standard InChI is InChI=1S/C32H37NO5/c1-35-31(36-2)24-19-32(38-20-24)14-16-33(17-15-32)25-10-8-23(9-11-25)30-27-13-12-26(34)18-29(27)37-21-28(30)22-6-4-3-5-7-22/h3-13,18,24,28,30-31,34H,14-17,19-21H2,1-2H3. The lowest BCUT2D eigenvalue weighted by Gasteiger charge is -2.40. The molecule has 0 radical (unpaired) electrons. The molecule has 1 spiro atoms. The van der Waals surface area contributed by atoms with Crippen LogP contribution in [0.5, 0.6) is 11.5 Å². The van der Waals surface area contributed by atoms with Crippen LogP contribution in [0.4, 0.5) is 5.69 Å². The summed E-state index contributed by atoms with van der Waals surface area (Å²) in [6.07, 6.45) is 2.82. The van der Waals surface area contributed by atoms with Gasteiger partial charge in [0.2, 0.25) is 0 Å². The lowest BCUT2D eigenvalue weighted by atomic mass is 9.76. The summed E-state index contributed by atoms with van der Waals surface area (Å²) in [4.78, 5) is 2.47. The summed E-state index contributed by atoms with van der Waals surface area (Å²) in [5, 5.41) is 10.0. The molecule has 0 saturated carbocycles. The van der Waals surface area contributed by atoms with Crippen LogP contribution < -0.4 is 9.64 Å². The molecule has 3 atom stereocenters. The van der Waals surface area contributed by atoms with Crippen LogP contribution in [0, 0.1) is 5.92 Å². The Hall–Kier alpha value is -3.06. The van der Waals surface area contributed by atoms with Gasteiger partial charge < -0.3 is 29.0 Å². The van der Waals surface area contributed by atoms with Gasteiger partial charge in [0.05, 0.1) is 18.8 Å². The minimum Gasteiger partial charge on any atom is -0.508 e. The minimum atomic E-state index is -0.195. The first kappa shape index (κ1) is 25.2. The summed E-state index contributed by atoms with van der Waals surface area (Å²) >= 11 is 0. The van der Waals surface area contributed by atoms with Gasteiger partial charge in [0.1, 0.15) is 11.5 Å². The Morgan fingerprint density at radius 1 is 0.895 bits per heavy atom. The Labute approximate surface area is 225 Å². The van der Waals surface area contributed by atoms with Crippen molar-refractivity contribution in [2.45, 2.75) is 43.0 Å². The fraction of sp³-hybridized carbons (Fsp3) is 0.438. The van der Waals surface area contributed by atoms with Gasteiger partial charge in [0, 0.05) is 62.4 Å². The molecule has 6 rings (SSSR count). The lowest BCUT2D eigenvalue weighted by molar-refractivity contribution is -0.136. The number of benzene rings is 3. The number of methoxy groups -OCH3 is 2. The molecule has 3 unspecified atom stereocenters. The van der Waals surface area contributed by atoms with Gasteiger partial charge in [0.25, 0.3) is 0 Å². The summed E-state index contributed by atoms with van der Waals surface area (Å²) in [7, 11) is 3.41. The zero-order valence-corrected chi connectivity index (χ0v) is 22.2. The molecule has 0 amide bonds. The highest BCUT2D eigenvalue weighted by atomic mass is 16.7. The van der Waals surface area contributed by atoms with Crippen LogP contribution in [0.1, 0.15) is 47.8 Å². The van der Waals surface area contributed by atoms with Gasteiger partial charge in [0.15, 0.2) is 6.29 Å². The molecule has 3 aliphatic rings. The second kappa shape index (κ2) is 10.6. The number of hydrogen-bond donors (Lipinski definition) is 1. The molecule has 0 aliphatic carbocycles. The van der Waals surface area contributed by atoms with Crippen LogP contribution in [0.25, 0.3) is 0 Å². The monoisotopic (exact) mass is 515 g/mol. The number of phenols is 1. The molecule has 2 fully saturated rings. The van der Waals surface area contributed by atoms with E-state index in [-0.39, 0.29) is 35.4 Å². The van der Waals surface area contributed by atoms with Crippen molar-refractivity contribution < 1.29 is 24.1 Å². The van der Waals surface area contributed by atoms with Crippen molar-refractivity contribution in [2.24, 2.45) is 5.92 Å². The fourth-order valence-corrected chi connectivity index (χ4v) is 6.75. The van der Waals surface area contributed by atoms with E-state index in [4.69, 9.17) is 18.9 Å². The van der Waals surface area contributed by atoms with E-state index >= 15 is 0 Å². The molecule has 3 aromatic rings. The number of hydrogen-bond acceptors (Lipinski definition) is 6. The summed E-state index contributed by atoms with van der Waals surface area (Å²) in [5.74, 6) is 1.64. The molecule has 3 aliphatic heterocycles. The van der Waals surface area contributed by atoms with Gasteiger partial charge in [-0.2, -0.15) is 0 Å². The number of nitrogens with zero attached hydrogens (tertiary/aromatic N) is 1. The second-order valence-corrected chi connectivity index (χ2v) is 10.9. The molecule has 6 heteroatoms. The third-order valence-electron chi connectivity index (χ3n) is 8.76. The highest BCUT2D eigenvalue weighted by molar-refractivity contribution is 5.54. The first-order valence-electron chi connectivity index (χ1n) is 13.6. The van der Waals surface area contributed by atoms with Crippen molar-refractivity contribution in [2.75, 3.05) is 45.4 Å². The zero-order chi connectivity index (χ0) is 26.1. The second-order valence-electron chi connectivity index (χ2n) is 10.9. The van der Waals surface area contributed by atoms with E-state index in [0.717, 1.165) is 43.7 Å². The quantitative estimate of drug-likeness (QED) is 0.426. The molecule has 0 bridgehead atoms. The number of anilines is 1. The Balaban J connectivity index is 1.20. The Bertz CT molecular complexity index is 1220. The van der Waals surface area contributed by atoms with E-state index in [9.17, 15) is 5.11 Å². The topological polar surface area (TPSA) is 60.4 Å². The Morgan fingerprint density at radius 2 is 1.63 bits per heavy atom. The van der Waals surface area contributed by atoms with Gasteiger partial charge in [-0.1, -0.05) is 48.5 Å². The maximum atomic E-state index is 10.0. The maximum absolute atomic E-state index is 10.0. The maximum Gasteiger partial charge on any atom is 0.161 e. The molecule has 38 heavy (non-hydrogen) atoms. The predicted molar refractivity (Wildman–Crippen MR) is 147 cm³/mol. The zero-order valence-electron chi connectivity index (χ0n) is 22.2. The first-order valence-corrected chi connectivity index (χ1v) is 13.6. The largest absolute Gasteiger partial charge is 0.508 e. The van der Waals surface area contributed by atoms with E-state index in [2.05, 4.69) is 59.5 Å². The Morgan fingerprint density at radius 3 is 2.34 bits per heavy atom. The van der Waals surface area contributed by atoms with Crippen molar-refractivity contribution in [1.29, 1.82) is 0 Å². The van der Waals surface area contributed by atoms with Crippen molar-refractivity contribution in [3.63, 3.8) is 0 Å². The molecular formula is C32H37NO5. The number of piperidine rings is 1. The third-order valence-corrected chi connectivity index (χ3v) is 8.76. The van der Waals surface area contributed by atoms with Crippen LogP contribution in [-0.4, -0.2) is 57.5 Å². The summed E-state index contributed by atoms with van der Waals surface area (Å²) in [6.45, 7) is 3.23. The highest BCUT2D eigenvalue weighted by Gasteiger charge is 2.45.